The number of amides is 2. The van der Waals surface area contributed by atoms with Gasteiger partial charge in [-0.25, -0.2) is 4.39 Å². The molecule has 1 N–H and O–H groups in total. The number of anilines is 2. The minimum Gasteiger partial charge on any atom is -0.495 e. The quantitative estimate of drug-likeness (QED) is 0.718. The Labute approximate surface area is 164 Å². The summed E-state index contributed by atoms with van der Waals surface area (Å²) in [6.07, 6.45) is 0.730. The Hall–Kier alpha value is -3.09. The molecule has 0 bridgehead atoms. The number of methoxy groups -OCH3 is 1. The number of benzene rings is 2. The maximum atomic E-state index is 13.1. The van der Waals surface area contributed by atoms with Crippen molar-refractivity contribution in [3.63, 3.8) is 0 Å². The number of hydrogen-bond acceptors (Lipinski definition) is 4. The zero-order valence-electron chi connectivity index (χ0n) is 16.4. The molecule has 0 aliphatic heterocycles. The van der Waals surface area contributed by atoms with Crippen LogP contribution < -0.4 is 15.0 Å². The number of para-hydroxylation sites is 2. The smallest absolute Gasteiger partial charge is 0.244 e. The molecule has 2 aromatic rings. The number of rotatable bonds is 9. The highest BCUT2D eigenvalue weighted by Crippen LogP contribution is 2.22. The molecule has 0 unspecified atom stereocenters. The van der Waals surface area contributed by atoms with Crippen LogP contribution in [0.15, 0.2) is 48.5 Å². The first-order valence-corrected chi connectivity index (χ1v) is 9.12. The summed E-state index contributed by atoms with van der Waals surface area (Å²) in [6.45, 7) is 2.45. The third-order valence-electron chi connectivity index (χ3n) is 4.20. The lowest BCUT2D eigenvalue weighted by atomic mass is 10.2. The SMILES string of the molecule is CCCN(CC(=O)Nc1ccccc1OC)C(=O)CN(C)c1ccc(F)cc1. The second kappa shape index (κ2) is 10.3. The maximum absolute atomic E-state index is 13.1. The van der Waals surface area contributed by atoms with E-state index in [0.717, 1.165) is 12.1 Å². The lowest BCUT2D eigenvalue weighted by molar-refractivity contribution is -0.133. The molecule has 2 rings (SSSR count). The van der Waals surface area contributed by atoms with E-state index in [4.69, 9.17) is 4.74 Å². The topological polar surface area (TPSA) is 61.9 Å². The molecular weight excluding hydrogens is 361 g/mol. The highest BCUT2D eigenvalue weighted by Gasteiger charge is 2.19. The number of hydrogen-bond donors (Lipinski definition) is 1. The Morgan fingerprint density at radius 3 is 2.39 bits per heavy atom. The van der Waals surface area contributed by atoms with Crippen molar-refractivity contribution >= 4 is 23.2 Å². The fourth-order valence-corrected chi connectivity index (χ4v) is 2.76. The van der Waals surface area contributed by atoms with E-state index in [-0.39, 0.29) is 30.7 Å². The van der Waals surface area contributed by atoms with E-state index in [1.807, 2.05) is 13.0 Å². The average Bonchev–Trinajstić information content (AvgIpc) is 2.68. The number of halogens is 1. The lowest BCUT2D eigenvalue weighted by Crippen LogP contribution is -2.43. The third-order valence-corrected chi connectivity index (χ3v) is 4.20. The Bertz CT molecular complexity index is 796. The molecule has 7 heteroatoms. The van der Waals surface area contributed by atoms with Gasteiger partial charge in [0.1, 0.15) is 11.6 Å². The number of likely N-dealkylation sites (N-methyl/N-ethyl adjacent to an activating group) is 1. The molecule has 0 saturated carbocycles. The zero-order chi connectivity index (χ0) is 20.5. The van der Waals surface area contributed by atoms with Crippen molar-refractivity contribution in [1.29, 1.82) is 0 Å². The molecular formula is C21H26FN3O3. The second-order valence-corrected chi connectivity index (χ2v) is 6.40. The van der Waals surface area contributed by atoms with Crippen LogP contribution in [0.5, 0.6) is 5.75 Å². The molecule has 2 aromatic carbocycles. The molecule has 2 amide bonds. The van der Waals surface area contributed by atoms with E-state index in [9.17, 15) is 14.0 Å². The van der Waals surface area contributed by atoms with E-state index in [1.165, 1.54) is 24.1 Å². The normalized spacial score (nSPS) is 10.3. The Balaban J connectivity index is 1.99. The summed E-state index contributed by atoms with van der Waals surface area (Å²) in [7, 11) is 3.29. The highest BCUT2D eigenvalue weighted by molar-refractivity contribution is 5.96. The first-order valence-electron chi connectivity index (χ1n) is 9.12. The summed E-state index contributed by atoms with van der Waals surface area (Å²) in [5.41, 5.74) is 1.28. The van der Waals surface area contributed by atoms with Gasteiger partial charge in [0.05, 0.1) is 25.9 Å². The highest BCUT2D eigenvalue weighted by atomic mass is 19.1. The second-order valence-electron chi connectivity index (χ2n) is 6.40. The summed E-state index contributed by atoms with van der Waals surface area (Å²) < 4.78 is 18.3. The van der Waals surface area contributed by atoms with Crippen molar-refractivity contribution in [3.05, 3.63) is 54.3 Å². The third kappa shape index (κ3) is 5.97. The van der Waals surface area contributed by atoms with Crippen LogP contribution in [0, 0.1) is 5.82 Å². The molecule has 0 atom stereocenters. The molecule has 0 saturated heterocycles. The van der Waals surface area contributed by atoms with Crippen LogP contribution in [0.25, 0.3) is 0 Å². The zero-order valence-corrected chi connectivity index (χ0v) is 16.4. The van der Waals surface area contributed by atoms with Crippen molar-refractivity contribution in [3.8, 4) is 5.75 Å². The van der Waals surface area contributed by atoms with E-state index in [1.54, 1.807) is 42.3 Å². The lowest BCUT2D eigenvalue weighted by Gasteiger charge is -2.26. The van der Waals surface area contributed by atoms with Crippen molar-refractivity contribution in [2.45, 2.75) is 13.3 Å². The average molecular weight is 387 g/mol. The van der Waals surface area contributed by atoms with Gasteiger partial charge in [-0.3, -0.25) is 9.59 Å². The van der Waals surface area contributed by atoms with E-state index in [2.05, 4.69) is 5.32 Å². The first kappa shape index (κ1) is 21.2. The van der Waals surface area contributed by atoms with Crippen LogP contribution in [0.4, 0.5) is 15.8 Å². The van der Waals surface area contributed by atoms with Crippen LogP contribution in [-0.4, -0.2) is 50.5 Å². The van der Waals surface area contributed by atoms with Gasteiger partial charge in [-0.15, -0.1) is 0 Å². The summed E-state index contributed by atoms with van der Waals surface area (Å²) in [4.78, 5) is 28.4. The molecule has 0 heterocycles. The fraction of sp³-hybridized carbons (Fsp3) is 0.333. The molecule has 6 nitrogen and oxygen atoms in total. The van der Waals surface area contributed by atoms with Gasteiger partial charge in [0, 0.05) is 19.3 Å². The van der Waals surface area contributed by atoms with Gasteiger partial charge in [-0.05, 0) is 42.8 Å². The Morgan fingerprint density at radius 2 is 1.75 bits per heavy atom. The fourth-order valence-electron chi connectivity index (χ4n) is 2.76. The number of ether oxygens (including phenoxy) is 1. The van der Waals surface area contributed by atoms with Crippen molar-refractivity contribution in [2.24, 2.45) is 0 Å². The summed E-state index contributed by atoms with van der Waals surface area (Å²) >= 11 is 0. The van der Waals surface area contributed by atoms with Gasteiger partial charge in [0.15, 0.2) is 0 Å². The maximum Gasteiger partial charge on any atom is 0.244 e. The molecule has 0 aliphatic rings. The largest absolute Gasteiger partial charge is 0.495 e. The summed E-state index contributed by atoms with van der Waals surface area (Å²) in [5, 5.41) is 2.78. The van der Waals surface area contributed by atoms with Crippen LogP contribution >= 0.6 is 0 Å². The van der Waals surface area contributed by atoms with Gasteiger partial charge in [-0.2, -0.15) is 0 Å². The number of carbonyl (C=O) groups is 2. The molecule has 0 radical (unpaired) electrons. The van der Waals surface area contributed by atoms with Crippen LogP contribution in [0.3, 0.4) is 0 Å². The molecule has 0 spiro atoms. The van der Waals surface area contributed by atoms with Crippen molar-refractivity contribution < 1.29 is 18.7 Å². The molecule has 28 heavy (non-hydrogen) atoms. The van der Waals surface area contributed by atoms with Crippen molar-refractivity contribution in [1.82, 2.24) is 4.90 Å². The molecule has 0 aliphatic carbocycles. The van der Waals surface area contributed by atoms with Crippen LogP contribution in [0.2, 0.25) is 0 Å². The first-order chi connectivity index (χ1) is 13.4. The van der Waals surface area contributed by atoms with E-state index in [0.29, 0.717) is 18.0 Å². The minimum absolute atomic E-state index is 0.0536. The van der Waals surface area contributed by atoms with Gasteiger partial charge >= 0.3 is 0 Å². The Kier molecular flexibility index (Phi) is 7.80. The van der Waals surface area contributed by atoms with Crippen LogP contribution in [-0.2, 0) is 9.59 Å². The summed E-state index contributed by atoms with van der Waals surface area (Å²) in [5.74, 6) is -0.246. The number of nitrogens with one attached hydrogen (secondary N) is 1. The van der Waals surface area contributed by atoms with E-state index >= 15 is 0 Å². The number of nitrogens with zero attached hydrogens (tertiary/aromatic N) is 2. The minimum atomic E-state index is -0.330. The van der Waals surface area contributed by atoms with Crippen molar-refractivity contribution in [2.75, 3.05) is 44.0 Å². The summed E-state index contributed by atoms with van der Waals surface area (Å²) in [6, 6.07) is 13.0. The molecule has 0 aromatic heterocycles. The number of carbonyl (C=O) groups excluding carboxylic acids is 2. The predicted octanol–water partition coefficient (Wildman–Crippen LogP) is 3.15. The van der Waals surface area contributed by atoms with Gasteiger partial charge in [0.25, 0.3) is 0 Å². The standard InChI is InChI=1S/C21H26FN3O3/c1-4-13-25(14-20(26)23-18-7-5-6-8-19(18)28-3)21(27)15-24(2)17-11-9-16(22)10-12-17/h5-12H,4,13-15H2,1-3H3,(H,23,26). The van der Waals surface area contributed by atoms with Gasteiger partial charge < -0.3 is 19.9 Å². The Morgan fingerprint density at radius 1 is 1.07 bits per heavy atom. The van der Waals surface area contributed by atoms with Gasteiger partial charge in [-0.1, -0.05) is 19.1 Å². The molecule has 150 valence electrons. The monoisotopic (exact) mass is 387 g/mol. The molecule has 0 fully saturated rings. The van der Waals surface area contributed by atoms with Gasteiger partial charge in [0.2, 0.25) is 11.8 Å². The predicted molar refractivity (Wildman–Crippen MR) is 108 cm³/mol. The van der Waals surface area contributed by atoms with E-state index < -0.39 is 0 Å². The van der Waals surface area contributed by atoms with Crippen LogP contribution in [0.1, 0.15) is 13.3 Å².